The summed E-state index contributed by atoms with van der Waals surface area (Å²) in [6, 6.07) is 8.37. The highest BCUT2D eigenvalue weighted by molar-refractivity contribution is 5.76. The second-order valence-corrected chi connectivity index (χ2v) is 3.76. The average Bonchev–Trinajstić information content (AvgIpc) is 2.24. The molecule has 1 N–H and O–H groups in total. The number of fused-ring (bicyclic) bond motifs is 1. The van der Waals surface area contributed by atoms with Gasteiger partial charge in [0.1, 0.15) is 5.66 Å². The van der Waals surface area contributed by atoms with Crippen LogP contribution >= 0.6 is 0 Å². The van der Waals surface area contributed by atoms with Crippen molar-refractivity contribution in [1.82, 2.24) is 0 Å². The highest BCUT2D eigenvalue weighted by Gasteiger charge is 2.31. The van der Waals surface area contributed by atoms with E-state index < -0.39 is 0 Å². The van der Waals surface area contributed by atoms with Crippen LogP contribution in [0.3, 0.4) is 0 Å². The molecule has 1 aliphatic rings. The Bertz CT molecular complexity index is 304. The lowest BCUT2D eigenvalue weighted by Gasteiger charge is -2.29. The number of para-hydroxylation sites is 2. The van der Waals surface area contributed by atoms with E-state index in [0.29, 0.717) is 0 Å². The molecule has 0 amide bonds. The average molecular weight is 162 g/mol. The first-order valence-electron chi connectivity index (χ1n) is 4.22. The molecular formula is C10H14N2. The predicted molar refractivity (Wildman–Crippen MR) is 52.5 cm³/mol. The second-order valence-electron chi connectivity index (χ2n) is 3.76. The first kappa shape index (κ1) is 7.47. The maximum atomic E-state index is 3.45. The fraction of sp³-hybridized carbons (Fsp3) is 0.400. The zero-order chi connectivity index (χ0) is 8.77. The molecule has 0 aromatic heterocycles. The van der Waals surface area contributed by atoms with Gasteiger partial charge in [-0.1, -0.05) is 12.1 Å². The van der Waals surface area contributed by atoms with Crippen molar-refractivity contribution in [3.8, 4) is 0 Å². The van der Waals surface area contributed by atoms with Crippen molar-refractivity contribution in [3.05, 3.63) is 24.3 Å². The lowest BCUT2D eigenvalue weighted by Crippen LogP contribution is -2.42. The monoisotopic (exact) mass is 162 g/mol. The minimum Gasteiger partial charge on any atom is -0.361 e. The van der Waals surface area contributed by atoms with Crippen molar-refractivity contribution in [1.29, 1.82) is 0 Å². The molecule has 1 aromatic rings. The number of rotatable bonds is 0. The van der Waals surface area contributed by atoms with Gasteiger partial charge in [0, 0.05) is 7.05 Å². The van der Waals surface area contributed by atoms with E-state index in [0.717, 1.165) is 0 Å². The zero-order valence-corrected chi connectivity index (χ0v) is 7.76. The number of hydrogen-bond acceptors (Lipinski definition) is 2. The Morgan fingerprint density at radius 2 is 1.92 bits per heavy atom. The van der Waals surface area contributed by atoms with Gasteiger partial charge in [0.05, 0.1) is 11.4 Å². The molecule has 2 rings (SSSR count). The summed E-state index contributed by atoms with van der Waals surface area (Å²) in [7, 11) is 2.11. The highest BCUT2D eigenvalue weighted by Crippen LogP contribution is 2.37. The first-order valence-corrected chi connectivity index (χ1v) is 4.22. The standard InChI is InChI=1S/C10H14N2/c1-10(2)11-8-6-4-5-7-9(8)12(10)3/h4-7,11H,1-3H3. The summed E-state index contributed by atoms with van der Waals surface area (Å²) < 4.78 is 0. The van der Waals surface area contributed by atoms with Gasteiger partial charge in [-0.25, -0.2) is 0 Å². The van der Waals surface area contributed by atoms with E-state index in [2.05, 4.69) is 55.4 Å². The van der Waals surface area contributed by atoms with E-state index in [1.54, 1.807) is 0 Å². The third-order valence-electron chi connectivity index (χ3n) is 2.54. The molecule has 64 valence electrons. The SMILES string of the molecule is CN1c2ccccc2NC1(C)C. The van der Waals surface area contributed by atoms with Crippen molar-refractivity contribution in [2.45, 2.75) is 19.5 Å². The molecule has 1 aromatic carbocycles. The maximum absolute atomic E-state index is 3.45. The van der Waals surface area contributed by atoms with Crippen molar-refractivity contribution in [2.24, 2.45) is 0 Å². The number of benzene rings is 1. The molecule has 2 heteroatoms. The molecule has 0 bridgehead atoms. The molecule has 0 atom stereocenters. The third kappa shape index (κ3) is 0.876. The predicted octanol–water partition coefficient (Wildman–Crippen LogP) is 2.28. The molecule has 0 radical (unpaired) electrons. The summed E-state index contributed by atoms with van der Waals surface area (Å²) in [5, 5.41) is 3.45. The summed E-state index contributed by atoms with van der Waals surface area (Å²) in [5.74, 6) is 0. The van der Waals surface area contributed by atoms with E-state index in [1.807, 2.05) is 0 Å². The topological polar surface area (TPSA) is 15.3 Å². The lowest BCUT2D eigenvalue weighted by molar-refractivity contribution is 0.579. The van der Waals surface area contributed by atoms with Crippen LogP contribution in [0.25, 0.3) is 0 Å². The molecule has 1 heterocycles. The van der Waals surface area contributed by atoms with Crippen LogP contribution in [0.4, 0.5) is 11.4 Å². The van der Waals surface area contributed by atoms with Crippen molar-refractivity contribution < 1.29 is 0 Å². The Hall–Kier alpha value is -1.18. The number of nitrogens with one attached hydrogen (secondary N) is 1. The number of anilines is 2. The Labute approximate surface area is 73.2 Å². The summed E-state index contributed by atoms with van der Waals surface area (Å²) in [6.07, 6.45) is 0. The molecule has 0 unspecified atom stereocenters. The van der Waals surface area contributed by atoms with Gasteiger partial charge >= 0.3 is 0 Å². The van der Waals surface area contributed by atoms with Crippen molar-refractivity contribution in [2.75, 3.05) is 17.3 Å². The van der Waals surface area contributed by atoms with Gasteiger partial charge in [0.2, 0.25) is 0 Å². The van der Waals surface area contributed by atoms with Crippen molar-refractivity contribution in [3.63, 3.8) is 0 Å². The molecule has 2 nitrogen and oxygen atoms in total. The van der Waals surface area contributed by atoms with Gasteiger partial charge < -0.3 is 10.2 Å². The molecule has 0 spiro atoms. The maximum Gasteiger partial charge on any atom is 0.104 e. The largest absolute Gasteiger partial charge is 0.361 e. The van der Waals surface area contributed by atoms with Crippen molar-refractivity contribution >= 4 is 11.4 Å². The Balaban J connectivity index is 2.49. The minimum atomic E-state index is 0.0453. The Kier molecular flexibility index (Phi) is 1.34. The summed E-state index contributed by atoms with van der Waals surface area (Å²) in [4.78, 5) is 2.25. The number of nitrogens with zero attached hydrogens (tertiary/aromatic N) is 1. The molecule has 0 saturated carbocycles. The first-order chi connectivity index (χ1) is 5.61. The molecule has 12 heavy (non-hydrogen) atoms. The zero-order valence-electron chi connectivity index (χ0n) is 7.76. The minimum absolute atomic E-state index is 0.0453. The molecule has 0 aliphatic carbocycles. The molecule has 0 saturated heterocycles. The van der Waals surface area contributed by atoms with E-state index in [-0.39, 0.29) is 5.66 Å². The van der Waals surface area contributed by atoms with Crippen LogP contribution in [0.15, 0.2) is 24.3 Å². The highest BCUT2D eigenvalue weighted by atomic mass is 15.4. The molecular weight excluding hydrogens is 148 g/mol. The van der Waals surface area contributed by atoms with E-state index in [1.165, 1.54) is 11.4 Å². The van der Waals surface area contributed by atoms with E-state index in [4.69, 9.17) is 0 Å². The smallest absolute Gasteiger partial charge is 0.104 e. The summed E-state index contributed by atoms with van der Waals surface area (Å²) in [6.45, 7) is 4.35. The second kappa shape index (κ2) is 2.16. The normalized spacial score (nSPS) is 18.8. The Morgan fingerprint density at radius 3 is 2.58 bits per heavy atom. The van der Waals surface area contributed by atoms with Crippen LogP contribution in [0.1, 0.15) is 13.8 Å². The lowest BCUT2D eigenvalue weighted by atomic mass is 10.2. The number of hydrogen-bond donors (Lipinski definition) is 1. The van der Waals surface area contributed by atoms with Crippen LogP contribution in [0.2, 0.25) is 0 Å². The van der Waals surface area contributed by atoms with E-state index >= 15 is 0 Å². The van der Waals surface area contributed by atoms with Gasteiger partial charge in [0.15, 0.2) is 0 Å². The fourth-order valence-electron chi connectivity index (χ4n) is 1.59. The summed E-state index contributed by atoms with van der Waals surface area (Å²) in [5.41, 5.74) is 2.55. The van der Waals surface area contributed by atoms with Gasteiger partial charge in [-0.2, -0.15) is 0 Å². The van der Waals surface area contributed by atoms with Crippen LogP contribution in [0, 0.1) is 0 Å². The van der Waals surface area contributed by atoms with E-state index in [9.17, 15) is 0 Å². The quantitative estimate of drug-likeness (QED) is 0.629. The molecule has 0 fully saturated rings. The third-order valence-corrected chi connectivity index (χ3v) is 2.54. The van der Waals surface area contributed by atoms with Crippen LogP contribution < -0.4 is 10.2 Å². The Morgan fingerprint density at radius 1 is 1.25 bits per heavy atom. The van der Waals surface area contributed by atoms with Gasteiger partial charge in [-0.15, -0.1) is 0 Å². The van der Waals surface area contributed by atoms with Gasteiger partial charge in [0.25, 0.3) is 0 Å². The summed E-state index contributed by atoms with van der Waals surface area (Å²) >= 11 is 0. The van der Waals surface area contributed by atoms with Crippen LogP contribution in [-0.4, -0.2) is 12.7 Å². The van der Waals surface area contributed by atoms with Gasteiger partial charge in [-0.3, -0.25) is 0 Å². The van der Waals surface area contributed by atoms with Crippen LogP contribution in [0.5, 0.6) is 0 Å². The fourth-order valence-corrected chi connectivity index (χ4v) is 1.59. The van der Waals surface area contributed by atoms with Crippen LogP contribution in [-0.2, 0) is 0 Å². The molecule has 1 aliphatic heterocycles. The van der Waals surface area contributed by atoms with Gasteiger partial charge in [-0.05, 0) is 26.0 Å².